The van der Waals surface area contributed by atoms with Crippen LogP contribution >= 0.6 is 0 Å². The molecule has 0 saturated carbocycles. The van der Waals surface area contributed by atoms with Crippen LogP contribution in [0.25, 0.3) is 0 Å². The monoisotopic (exact) mass is 290 g/mol. The first-order valence-electron chi connectivity index (χ1n) is 7.87. The van der Waals surface area contributed by atoms with E-state index in [1.165, 1.54) is 0 Å². The summed E-state index contributed by atoms with van der Waals surface area (Å²) in [6.07, 6.45) is 6.83. The van der Waals surface area contributed by atoms with E-state index in [9.17, 15) is 0 Å². The molecule has 0 spiro atoms. The minimum absolute atomic E-state index is 0.570. The van der Waals surface area contributed by atoms with Crippen LogP contribution in [0.1, 0.15) is 47.0 Å². The summed E-state index contributed by atoms with van der Waals surface area (Å²) in [5, 5.41) is 0. The van der Waals surface area contributed by atoms with E-state index in [1.54, 1.807) is 6.21 Å². The maximum absolute atomic E-state index is 5.89. The van der Waals surface area contributed by atoms with E-state index in [1.807, 2.05) is 19.9 Å². The van der Waals surface area contributed by atoms with Gasteiger partial charge in [-0.3, -0.25) is 4.99 Å². The highest BCUT2D eigenvalue weighted by atomic mass is 16.5. The smallest absolute Gasteiger partial charge is 0.141 e. The van der Waals surface area contributed by atoms with Gasteiger partial charge >= 0.3 is 0 Å². The quantitative estimate of drug-likeness (QED) is 0.347. The van der Waals surface area contributed by atoms with Crippen molar-refractivity contribution >= 4 is 14.1 Å². The van der Waals surface area contributed by atoms with E-state index in [0.717, 1.165) is 43.7 Å². The summed E-state index contributed by atoms with van der Waals surface area (Å²) in [5.41, 5.74) is 1.68. The van der Waals surface area contributed by atoms with Gasteiger partial charge in [0.1, 0.15) is 13.6 Å². The summed E-state index contributed by atoms with van der Waals surface area (Å²) in [4.78, 5) is 6.48. The number of rotatable bonds is 10. The molecule has 1 atom stereocenters. The summed E-state index contributed by atoms with van der Waals surface area (Å²) in [7, 11) is 10.1. The minimum atomic E-state index is 0.570. The molecule has 0 aliphatic heterocycles. The van der Waals surface area contributed by atoms with Crippen LogP contribution in [0.5, 0.6) is 0 Å². The number of hydrogen-bond donors (Lipinski definition) is 0. The Kier molecular flexibility index (Phi) is 11.0. The number of allylic oxidation sites excluding steroid dienone is 3. The van der Waals surface area contributed by atoms with Crippen molar-refractivity contribution < 1.29 is 4.74 Å². The zero-order valence-corrected chi connectivity index (χ0v) is 14.6. The fraction of sp³-hybridized carbons (Fsp3) is 0.706. The SMILES string of the molecule is [B]C(/N=C\C(=C/C)OCC(CC)CCN(C)C)=C(/C)CC. The topological polar surface area (TPSA) is 24.8 Å². The Morgan fingerprint density at radius 3 is 2.48 bits per heavy atom. The molecule has 118 valence electrons. The lowest BCUT2D eigenvalue weighted by atomic mass is 9.98. The molecule has 21 heavy (non-hydrogen) atoms. The largest absolute Gasteiger partial charge is 0.492 e. The highest BCUT2D eigenvalue weighted by molar-refractivity contribution is 6.22. The predicted octanol–water partition coefficient (Wildman–Crippen LogP) is 3.77. The maximum Gasteiger partial charge on any atom is 0.141 e. The first-order chi connectivity index (χ1) is 9.94. The second-order valence-corrected chi connectivity index (χ2v) is 5.65. The third-order valence-electron chi connectivity index (χ3n) is 3.63. The van der Waals surface area contributed by atoms with Crippen molar-refractivity contribution in [2.45, 2.75) is 47.0 Å². The molecule has 0 aliphatic carbocycles. The summed E-state index contributed by atoms with van der Waals surface area (Å²) in [6, 6.07) is 0. The average Bonchev–Trinajstić information content (AvgIpc) is 2.48. The minimum Gasteiger partial charge on any atom is -0.492 e. The standard InChI is InChI=1S/C17H31BN2O/c1-7-14(4)17(18)19-12-16(9-3)21-13-15(8-2)10-11-20(5)6/h9,12,15H,7-8,10-11,13H2,1-6H3/b16-9+,17-14+,19-12-. The van der Waals surface area contributed by atoms with Crippen molar-refractivity contribution in [3.05, 3.63) is 23.0 Å². The number of nitrogens with zero attached hydrogens (tertiary/aromatic N) is 2. The van der Waals surface area contributed by atoms with E-state index >= 15 is 0 Å². The second kappa shape index (κ2) is 11.6. The Morgan fingerprint density at radius 2 is 2.00 bits per heavy atom. The molecule has 0 N–H and O–H groups in total. The van der Waals surface area contributed by atoms with Crippen LogP contribution in [-0.2, 0) is 4.74 Å². The van der Waals surface area contributed by atoms with Gasteiger partial charge in [0.25, 0.3) is 0 Å². The van der Waals surface area contributed by atoms with Gasteiger partial charge in [0, 0.05) is 0 Å². The zero-order chi connectivity index (χ0) is 16.3. The highest BCUT2D eigenvalue weighted by Gasteiger charge is 2.08. The van der Waals surface area contributed by atoms with E-state index in [2.05, 4.69) is 37.8 Å². The molecule has 0 aromatic carbocycles. The Bertz CT molecular complexity index is 373. The third kappa shape index (κ3) is 9.51. The first-order valence-corrected chi connectivity index (χ1v) is 7.87. The molecule has 0 heterocycles. The van der Waals surface area contributed by atoms with E-state index in [-0.39, 0.29) is 0 Å². The van der Waals surface area contributed by atoms with Crippen LogP contribution in [0.3, 0.4) is 0 Å². The van der Waals surface area contributed by atoms with Crippen molar-refractivity contribution in [2.75, 3.05) is 27.2 Å². The Hall–Kier alpha value is -1.03. The highest BCUT2D eigenvalue weighted by Crippen LogP contribution is 2.12. The molecule has 0 amide bonds. The number of ether oxygens (including phenoxy) is 1. The van der Waals surface area contributed by atoms with Crippen LogP contribution in [0, 0.1) is 5.92 Å². The van der Waals surface area contributed by atoms with Gasteiger partial charge in [-0.1, -0.05) is 25.8 Å². The summed E-state index contributed by atoms with van der Waals surface area (Å²) < 4.78 is 5.86. The fourth-order valence-corrected chi connectivity index (χ4v) is 1.68. The van der Waals surface area contributed by atoms with Crippen molar-refractivity contribution in [1.82, 2.24) is 4.90 Å². The molecule has 0 aromatic rings. The molecule has 3 nitrogen and oxygen atoms in total. The van der Waals surface area contributed by atoms with Gasteiger partial charge in [0.2, 0.25) is 0 Å². The second-order valence-electron chi connectivity index (χ2n) is 5.65. The van der Waals surface area contributed by atoms with Crippen LogP contribution in [0.2, 0.25) is 0 Å². The lowest BCUT2D eigenvalue weighted by Gasteiger charge is -2.18. The van der Waals surface area contributed by atoms with Crippen molar-refractivity contribution in [3.8, 4) is 0 Å². The van der Waals surface area contributed by atoms with Gasteiger partial charge in [-0.25, -0.2) is 0 Å². The fourth-order valence-electron chi connectivity index (χ4n) is 1.68. The lowest BCUT2D eigenvalue weighted by Crippen LogP contribution is -2.19. The Morgan fingerprint density at radius 1 is 1.33 bits per heavy atom. The molecule has 1 unspecified atom stereocenters. The molecule has 0 fully saturated rings. The van der Waals surface area contributed by atoms with E-state index in [4.69, 9.17) is 12.6 Å². The Labute approximate surface area is 132 Å². The normalized spacial score (nSPS) is 15.5. The molecular formula is C17H31BN2O. The molecule has 2 radical (unpaired) electrons. The van der Waals surface area contributed by atoms with Gasteiger partial charge in [-0.15, -0.1) is 0 Å². The first kappa shape index (κ1) is 20.0. The molecule has 0 rings (SSSR count). The molecular weight excluding hydrogens is 259 g/mol. The molecule has 0 aromatic heterocycles. The van der Waals surface area contributed by atoms with Gasteiger partial charge < -0.3 is 9.64 Å². The van der Waals surface area contributed by atoms with Crippen LogP contribution in [0.4, 0.5) is 0 Å². The van der Waals surface area contributed by atoms with Gasteiger partial charge in [-0.05, 0) is 64.9 Å². The van der Waals surface area contributed by atoms with Crippen LogP contribution in [0.15, 0.2) is 28.0 Å². The number of aliphatic imine (C=N–C) groups is 1. The molecule has 0 saturated heterocycles. The molecule has 0 bridgehead atoms. The van der Waals surface area contributed by atoms with Crippen molar-refractivity contribution in [2.24, 2.45) is 10.9 Å². The van der Waals surface area contributed by atoms with Gasteiger partial charge in [0.15, 0.2) is 0 Å². The predicted molar refractivity (Wildman–Crippen MR) is 93.9 cm³/mol. The zero-order valence-electron chi connectivity index (χ0n) is 14.6. The van der Waals surface area contributed by atoms with Crippen LogP contribution < -0.4 is 0 Å². The molecule has 4 heteroatoms. The van der Waals surface area contributed by atoms with E-state index < -0.39 is 0 Å². The van der Waals surface area contributed by atoms with E-state index in [0.29, 0.717) is 11.5 Å². The average molecular weight is 290 g/mol. The lowest BCUT2D eigenvalue weighted by molar-refractivity contribution is 0.165. The molecule has 0 aliphatic rings. The van der Waals surface area contributed by atoms with Gasteiger partial charge in [0.05, 0.1) is 12.8 Å². The van der Waals surface area contributed by atoms with Crippen molar-refractivity contribution in [3.63, 3.8) is 0 Å². The third-order valence-corrected chi connectivity index (χ3v) is 3.63. The summed E-state index contributed by atoms with van der Waals surface area (Å²) in [6.45, 7) is 10.0. The van der Waals surface area contributed by atoms with Crippen molar-refractivity contribution in [1.29, 1.82) is 0 Å². The summed E-state index contributed by atoms with van der Waals surface area (Å²) in [5.74, 6) is 1.35. The Balaban J connectivity index is 4.42. The summed E-state index contributed by atoms with van der Waals surface area (Å²) >= 11 is 0. The van der Waals surface area contributed by atoms with Gasteiger partial charge in [-0.2, -0.15) is 0 Å². The number of hydrogen-bond acceptors (Lipinski definition) is 3. The van der Waals surface area contributed by atoms with Crippen LogP contribution in [-0.4, -0.2) is 46.2 Å². The maximum atomic E-state index is 5.89.